The van der Waals surface area contributed by atoms with Gasteiger partial charge >= 0.3 is 0 Å². The molecule has 0 aliphatic carbocycles. The second kappa shape index (κ2) is 6.49. The molecule has 0 saturated heterocycles. The van der Waals surface area contributed by atoms with Crippen molar-refractivity contribution in [2.24, 2.45) is 0 Å². The molecule has 2 heterocycles. The number of anilines is 1. The van der Waals surface area contributed by atoms with E-state index >= 15 is 0 Å². The number of hydrogen-bond donors (Lipinski definition) is 0. The molecule has 3 heteroatoms. The Bertz CT molecular complexity index is 956. The Morgan fingerprint density at radius 3 is 2.50 bits per heavy atom. The van der Waals surface area contributed by atoms with E-state index in [4.69, 9.17) is 0 Å². The lowest BCUT2D eigenvalue weighted by molar-refractivity contribution is 0.0997. The van der Waals surface area contributed by atoms with Crippen LogP contribution in [0.2, 0.25) is 0 Å². The van der Waals surface area contributed by atoms with Gasteiger partial charge in [0.1, 0.15) is 0 Å². The fraction of sp³-hybridized carbons (Fsp3) is 0.261. The first-order valence-electron chi connectivity index (χ1n) is 9.18. The van der Waals surface area contributed by atoms with E-state index in [9.17, 15) is 4.79 Å². The van der Waals surface area contributed by atoms with Gasteiger partial charge in [0.15, 0.2) is 5.78 Å². The molecule has 0 radical (unpaired) electrons. The average molecular weight is 344 g/mol. The molecule has 1 atom stereocenters. The first-order chi connectivity index (χ1) is 12.6. The van der Waals surface area contributed by atoms with E-state index in [1.165, 1.54) is 11.3 Å². The highest BCUT2D eigenvalue weighted by Crippen LogP contribution is 2.32. The molecule has 0 bridgehead atoms. The molecule has 1 aromatic heterocycles. The Labute approximate surface area is 154 Å². The Hall–Kier alpha value is -2.81. The maximum Gasteiger partial charge on any atom is 0.183 e. The first-order valence-corrected chi connectivity index (χ1v) is 9.18. The van der Waals surface area contributed by atoms with E-state index in [-0.39, 0.29) is 5.78 Å². The molecule has 26 heavy (non-hydrogen) atoms. The van der Waals surface area contributed by atoms with Crippen molar-refractivity contribution in [3.05, 3.63) is 83.2 Å². The number of rotatable bonds is 4. The predicted molar refractivity (Wildman–Crippen MR) is 107 cm³/mol. The molecule has 2 aromatic carbocycles. The van der Waals surface area contributed by atoms with Gasteiger partial charge in [-0.15, -0.1) is 0 Å². The Kier molecular flexibility index (Phi) is 4.15. The van der Waals surface area contributed by atoms with Crippen LogP contribution in [0.25, 0.3) is 5.69 Å². The maximum absolute atomic E-state index is 13.1. The summed E-state index contributed by atoms with van der Waals surface area (Å²) in [4.78, 5) is 15.4. The minimum absolute atomic E-state index is 0.184. The zero-order valence-electron chi connectivity index (χ0n) is 15.6. The van der Waals surface area contributed by atoms with E-state index in [1.807, 2.05) is 31.2 Å². The van der Waals surface area contributed by atoms with Crippen molar-refractivity contribution in [3.63, 3.8) is 0 Å². The number of hydrogen-bond acceptors (Lipinski definition) is 2. The summed E-state index contributed by atoms with van der Waals surface area (Å²) in [6.45, 7) is 6.72. The molecule has 1 unspecified atom stereocenters. The number of para-hydroxylation sites is 2. The van der Waals surface area contributed by atoms with Gasteiger partial charge in [-0.2, -0.15) is 0 Å². The summed E-state index contributed by atoms with van der Waals surface area (Å²) in [6, 6.07) is 21.0. The van der Waals surface area contributed by atoms with Crippen molar-refractivity contribution in [2.45, 2.75) is 33.2 Å². The van der Waals surface area contributed by atoms with Crippen molar-refractivity contribution in [1.29, 1.82) is 0 Å². The number of nitrogens with zero attached hydrogens (tertiary/aromatic N) is 2. The molecular formula is C23H24N2O. The van der Waals surface area contributed by atoms with Crippen LogP contribution in [0, 0.1) is 13.8 Å². The molecular weight excluding hydrogens is 320 g/mol. The van der Waals surface area contributed by atoms with Crippen LogP contribution in [0.5, 0.6) is 0 Å². The highest BCUT2D eigenvalue weighted by atomic mass is 16.1. The van der Waals surface area contributed by atoms with Crippen molar-refractivity contribution >= 4 is 11.5 Å². The Morgan fingerprint density at radius 1 is 1.04 bits per heavy atom. The molecule has 4 rings (SSSR count). The molecule has 0 saturated carbocycles. The van der Waals surface area contributed by atoms with E-state index in [2.05, 4.69) is 59.7 Å². The molecule has 0 spiro atoms. The molecule has 3 nitrogen and oxygen atoms in total. The maximum atomic E-state index is 13.1. The lowest BCUT2D eigenvalue weighted by Gasteiger charge is -2.24. The van der Waals surface area contributed by atoms with Gasteiger partial charge in [0.25, 0.3) is 0 Å². The van der Waals surface area contributed by atoms with E-state index in [1.54, 1.807) is 0 Å². The van der Waals surface area contributed by atoms with Crippen LogP contribution in [0.3, 0.4) is 0 Å². The van der Waals surface area contributed by atoms with E-state index < -0.39 is 0 Å². The summed E-state index contributed by atoms with van der Waals surface area (Å²) in [5.41, 5.74) is 6.56. The lowest BCUT2D eigenvalue weighted by Crippen LogP contribution is -2.34. The van der Waals surface area contributed by atoms with Crippen LogP contribution in [0.4, 0.5) is 5.69 Å². The van der Waals surface area contributed by atoms with Crippen molar-refractivity contribution in [1.82, 2.24) is 4.57 Å². The smallest absolute Gasteiger partial charge is 0.183 e. The fourth-order valence-corrected chi connectivity index (χ4v) is 4.13. The van der Waals surface area contributed by atoms with Crippen LogP contribution in [-0.4, -0.2) is 22.9 Å². The number of fused-ring (bicyclic) bond motifs is 1. The molecule has 132 valence electrons. The third-order valence-corrected chi connectivity index (χ3v) is 5.41. The first kappa shape index (κ1) is 16.6. The number of Topliss-reactive ketones (excluding diaryl/α,β-unsaturated/α-hetero) is 1. The third kappa shape index (κ3) is 2.74. The highest BCUT2D eigenvalue weighted by molar-refractivity contribution is 6.01. The normalized spacial score (nSPS) is 16.0. The second-order valence-corrected chi connectivity index (χ2v) is 7.19. The number of ketones is 1. The molecule has 0 amide bonds. The summed E-state index contributed by atoms with van der Waals surface area (Å²) in [5, 5.41) is 0. The number of carbonyl (C=O) groups excluding carboxylic acids is 1. The fourth-order valence-electron chi connectivity index (χ4n) is 4.13. The molecule has 0 fully saturated rings. The summed E-state index contributed by atoms with van der Waals surface area (Å²) >= 11 is 0. The average Bonchev–Trinajstić information content (AvgIpc) is 3.12. The van der Waals surface area contributed by atoms with Crippen LogP contribution in [-0.2, 0) is 6.42 Å². The van der Waals surface area contributed by atoms with Gasteiger partial charge in [-0.1, -0.05) is 36.4 Å². The van der Waals surface area contributed by atoms with Gasteiger partial charge in [-0.3, -0.25) is 4.79 Å². The second-order valence-electron chi connectivity index (χ2n) is 7.19. The number of carbonyl (C=O) groups is 1. The highest BCUT2D eigenvalue weighted by Gasteiger charge is 2.28. The summed E-state index contributed by atoms with van der Waals surface area (Å²) in [6.07, 6.45) is 1.01. The van der Waals surface area contributed by atoms with Gasteiger partial charge < -0.3 is 9.47 Å². The summed E-state index contributed by atoms with van der Waals surface area (Å²) in [5.74, 6) is 0.184. The molecule has 1 aliphatic rings. The summed E-state index contributed by atoms with van der Waals surface area (Å²) < 4.78 is 2.16. The Morgan fingerprint density at radius 2 is 1.73 bits per heavy atom. The molecule has 1 aliphatic heterocycles. The standard InChI is InChI=1S/C23H24N2O/c1-16-13-19-9-7-8-12-22(19)24(16)15-23(26)21-14-17(2)25(18(21)3)20-10-5-4-6-11-20/h4-12,14,16H,13,15H2,1-3H3. The minimum Gasteiger partial charge on any atom is -0.361 e. The topological polar surface area (TPSA) is 25.2 Å². The van der Waals surface area contributed by atoms with Gasteiger partial charge in [-0.05, 0) is 57.0 Å². The van der Waals surface area contributed by atoms with E-state index in [0.29, 0.717) is 12.6 Å². The van der Waals surface area contributed by atoms with Crippen LogP contribution in [0.1, 0.15) is 34.2 Å². The van der Waals surface area contributed by atoms with Crippen LogP contribution >= 0.6 is 0 Å². The van der Waals surface area contributed by atoms with Crippen molar-refractivity contribution in [2.75, 3.05) is 11.4 Å². The minimum atomic E-state index is 0.184. The third-order valence-electron chi connectivity index (χ3n) is 5.41. The zero-order valence-corrected chi connectivity index (χ0v) is 15.6. The number of aryl methyl sites for hydroxylation is 1. The van der Waals surface area contributed by atoms with Gasteiger partial charge in [0.2, 0.25) is 0 Å². The monoisotopic (exact) mass is 344 g/mol. The van der Waals surface area contributed by atoms with Gasteiger partial charge in [-0.25, -0.2) is 0 Å². The molecule has 0 N–H and O–H groups in total. The Balaban J connectivity index is 1.64. The van der Waals surface area contributed by atoms with Crippen LogP contribution in [0.15, 0.2) is 60.7 Å². The van der Waals surface area contributed by atoms with Crippen LogP contribution < -0.4 is 4.90 Å². The lowest BCUT2D eigenvalue weighted by atomic mass is 10.1. The number of benzene rings is 2. The van der Waals surface area contributed by atoms with Crippen molar-refractivity contribution in [3.8, 4) is 5.69 Å². The van der Waals surface area contributed by atoms with Gasteiger partial charge in [0, 0.05) is 34.4 Å². The SMILES string of the molecule is Cc1cc(C(=O)CN2c3ccccc3CC2C)c(C)n1-c1ccccc1. The summed E-state index contributed by atoms with van der Waals surface area (Å²) in [7, 11) is 0. The number of aromatic nitrogens is 1. The predicted octanol–water partition coefficient (Wildman–Crippen LogP) is 4.73. The zero-order chi connectivity index (χ0) is 18.3. The largest absolute Gasteiger partial charge is 0.361 e. The van der Waals surface area contributed by atoms with E-state index in [0.717, 1.165) is 29.1 Å². The van der Waals surface area contributed by atoms with Gasteiger partial charge in [0.05, 0.1) is 6.54 Å². The molecule has 3 aromatic rings. The quantitative estimate of drug-likeness (QED) is 0.640. The van der Waals surface area contributed by atoms with Crippen molar-refractivity contribution < 1.29 is 4.79 Å².